The minimum absolute atomic E-state index is 0.0269. The molecule has 5 heterocycles. The van der Waals surface area contributed by atoms with Gasteiger partial charge in [0, 0.05) is 17.7 Å². The lowest BCUT2D eigenvalue weighted by Gasteiger charge is -2.16. The fourth-order valence-corrected chi connectivity index (χ4v) is 5.24. The highest BCUT2D eigenvalue weighted by atomic mass is 16.6. The molecule has 16 heteroatoms. The molecule has 0 bridgehead atoms. The molecule has 4 aromatic rings. The summed E-state index contributed by atoms with van der Waals surface area (Å²) < 4.78 is 25.3. The van der Waals surface area contributed by atoms with E-state index in [2.05, 4.69) is 25.3 Å². The fourth-order valence-electron chi connectivity index (χ4n) is 5.24. The van der Waals surface area contributed by atoms with Crippen LogP contribution in [-0.2, 0) is 40.4 Å². The van der Waals surface area contributed by atoms with Crippen molar-refractivity contribution in [3.8, 4) is 11.5 Å². The van der Waals surface area contributed by atoms with Gasteiger partial charge in [0.05, 0.1) is 32.8 Å². The van der Waals surface area contributed by atoms with Crippen molar-refractivity contribution in [2.75, 3.05) is 19.5 Å². The third-order valence-electron chi connectivity index (χ3n) is 7.36. The van der Waals surface area contributed by atoms with Gasteiger partial charge in [0.15, 0.2) is 17.7 Å². The number of ether oxygens (including phenoxy) is 4. The van der Waals surface area contributed by atoms with E-state index >= 15 is 0 Å². The van der Waals surface area contributed by atoms with Crippen LogP contribution in [0.1, 0.15) is 39.0 Å². The number of fused-ring (bicyclic) bond motifs is 2. The van der Waals surface area contributed by atoms with Crippen molar-refractivity contribution in [2.24, 2.45) is 0 Å². The number of anilines is 1. The standard InChI is InChI=1S/C25H28N8O8/c1-11-14-7-40-25(37)16(14)18(34)13(21(11)38-2)3-4-32-5-12(30-31-32)6-39-8-15-19(35)20(36)24(41-15)33-10-29-17-22(26)27-9-28-23(17)33/h5,9-10,15,19-20,24,34-36H,3-4,6-8H2,1-2H3,(H2,26,27,28)/t15-,19-,20-,24-/m1/s1. The number of carbonyl (C=O) groups excluding carboxylic acids is 1. The van der Waals surface area contributed by atoms with Crippen LogP contribution in [0, 0.1) is 6.92 Å². The molecule has 216 valence electrons. The highest BCUT2D eigenvalue weighted by Gasteiger charge is 2.44. The third kappa shape index (κ3) is 4.59. The summed E-state index contributed by atoms with van der Waals surface area (Å²) in [5, 5.41) is 40.2. The molecule has 0 saturated carbocycles. The van der Waals surface area contributed by atoms with Gasteiger partial charge >= 0.3 is 5.97 Å². The Bertz CT molecular complexity index is 1620. The number of methoxy groups -OCH3 is 1. The van der Waals surface area contributed by atoms with Gasteiger partial charge in [-0.2, -0.15) is 0 Å². The highest BCUT2D eigenvalue weighted by molar-refractivity contribution is 5.98. The molecular formula is C25H28N8O8. The molecule has 0 radical (unpaired) electrons. The van der Waals surface area contributed by atoms with Gasteiger partial charge < -0.3 is 40.0 Å². The summed E-state index contributed by atoms with van der Waals surface area (Å²) in [5.41, 5.74) is 9.11. The first-order valence-electron chi connectivity index (χ1n) is 12.8. The number of phenolic OH excluding ortho intramolecular Hbond substituents is 1. The number of aliphatic hydroxyl groups is 2. The molecule has 4 atom stereocenters. The molecule has 6 rings (SSSR count). The molecule has 0 spiro atoms. The van der Waals surface area contributed by atoms with Crippen LogP contribution >= 0.6 is 0 Å². The Morgan fingerprint density at radius 2 is 2.05 bits per heavy atom. The molecule has 41 heavy (non-hydrogen) atoms. The molecule has 2 aliphatic rings. The Labute approximate surface area is 232 Å². The molecule has 0 aliphatic carbocycles. The zero-order chi connectivity index (χ0) is 28.8. The molecule has 1 aromatic carbocycles. The second-order valence-electron chi connectivity index (χ2n) is 9.78. The van der Waals surface area contributed by atoms with E-state index in [-0.39, 0.29) is 37.0 Å². The molecule has 1 fully saturated rings. The maximum Gasteiger partial charge on any atom is 0.342 e. The Morgan fingerprint density at radius 1 is 1.22 bits per heavy atom. The number of aliphatic hydroxyl groups excluding tert-OH is 2. The van der Waals surface area contributed by atoms with Crippen molar-refractivity contribution >= 4 is 23.0 Å². The van der Waals surface area contributed by atoms with E-state index in [4.69, 9.17) is 24.7 Å². The molecule has 2 aliphatic heterocycles. The summed E-state index contributed by atoms with van der Waals surface area (Å²) >= 11 is 0. The van der Waals surface area contributed by atoms with Gasteiger partial charge in [0.25, 0.3) is 0 Å². The average Bonchev–Trinajstić information content (AvgIpc) is 3.74. The van der Waals surface area contributed by atoms with Gasteiger partial charge in [-0.1, -0.05) is 5.21 Å². The molecule has 5 N–H and O–H groups in total. The van der Waals surface area contributed by atoms with Crippen molar-refractivity contribution < 1.29 is 39.1 Å². The van der Waals surface area contributed by atoms with Crippen molar-refractivity contribution in [2.45, 2.75) is 57.6 Å². The van der Waals surface area contributed by atoms with E-state index in [1.54, 1.807) is 10.9 Å². The van der Waals surface area contributed by atoms with E-state index in [0.717, 1.165) is 5.56 Å². The van der Waals surface area contributed by atoms with Crippen molar-refractivity contribution in [3.05, 3.63) is 46.8 Å². The number of esters is 1. The van der Waals surface area contributed by atoms with Crippen LogP contribution in [0.25, 0.3) is 11.2 Å². The number of nitrogens with zero attached hydrogens (tertiary/aromatic N) is 7. The number of hydrogen-bond acceptors (Lipinski definition) is 14. The number of hydrogen-bond donors (Lipinski definition) is 4. The smallest absolute Gasteiger partial charge is 0.342 e. The monoisotopic (exact) mass is 568 g/mol. The van der Waals surface area contributed by atoms with Crippen molar-refractivity contribution in [3.63, 3.8) is 0 Å². The number of rotatable bonds is 9. The van der Waals surface area contributed by atoms with Gasteiger partial charge in [-0.15, -0.1) is 5.10 Å². The Hall–Kier alpha value is -4.38. The highest BCUT2D eigenvalue weighted by Crippen LogP contribution is 2.42. The fraction of sp³-hybridized carbons (Fsp3) is 0.440. The number of carbonyl (C=O) groups is 1. The minimum atomic E-state index is -1.25. The van der Waals surface area contributed by atoms with E-state index < -0.39 is 30.5 Å². The number of nitrogen functional groups attached to an aromatic ring is 1. The lowest BCUT2D eigenvalue weighted by atomic mass is 9.95. The summed E-state index contributed by atoms with van der Waals surface area (Å²) in [6.45, 7) is 2.31. The number of phenols is 1. The van der Waals surface area contributed by atoms with Gasteiger partial charge in [0.2, 0.25) is 0 Å². The SMILES string of the molecule is COc1c(C)c2c(c(O)c1CCn1cc(COC[C@H]3O[C@@H](n4cnc5c(N)ncnc54)[C@H](O)[C@@H]3O)nn1)C(=O)OC2. The summed E-state index contributed by atoms with van der Waals surface area (Å²) in [5.74, 6) is -0.0167. The zero-order valence-electron chi connectivity index (χ0n) is 22.2. The number of aromatic nitrogens is 7. The number of aromatic hydroxyl groups is 1. The summed E-state index contributed by atoms with van der Waals surface area (Å²) in [4.78, 5) is 24.3. The predicted molar refractivity (Wildman–Crippen MR) is 138 cm³/mol. The first-order valence-corrected chi connectivity index (χ1v) is 12.8. The van der Waals surface area contributed by atoms with Gasteiger partial charge in [-0.3, -0.25) is 9.25 Å². The summed E-state index contributed by atoms with van der Waals surface area (Å²) in [6.07, 6.45) is 0.458. The first-order chi connectivity index (χ1) is 19.8. The van der Waals surface area contributed by atoms with Crippen LogP contribution < -0.4 is 10.5 Å². The predicted octanol–water partition coefficient (Wildman–Crippen LogP) is -0.228. The summed E-state index contributed by atoms with van der Waals surface area (Å²) in [7, 11) is 1.51. The molecular weight excluding hydrogens is 540 g/mol. The largest absolute Gasteiger partial charge is 0.507 e. The number of imidazole rings is 1. The Morgan fingerprint density at radius 3 is 2.85 bits per heavy atom. The van der Waals surface area contributed by atoms with Crippen LogP contribution in [0.3, 0.4) is 0 Å². The molecule has 3 aromatic heterocycles. The summed E-state index contributed by atoms with van der Waals surface area (Å²) in [6, 6.07) is 0. The maximum absolute atomic E-state index is 12.1. The van der Waals surface area contributed by atoms with Crippen LogP contribution in [0.4, 0.5) is 5.82 Å². The number of nitrogens with two attached hydrogens (primary N) is 1. The van der Waals surface area contributed by atoms with E-state index in [9.17, 15) is 20.1 Å². The van der Waals surface area contributed by atoms with Gasteiger partial charge in [-0.25, -0.2) is 19.7 Å². The zero-order valence-corrected chi connectivity index (χ0v) is 22.2. The molecule has 16 nitrogen and oxygen atoms in total. The third-order valence-corrected chi connectivity index (χ3v) is 7.36. The maximum atomic E-state index is 12.1. The first kappa shape index (κ1) is 26.8. The van der Waals surface area contributed by atoms with Crippen LogP contribution in [0.15, 0.2) is 18.9 Å². The topological polar surface area (TPSA) is 215 Å². The Balaban J connectivity index is 1.06. The van der Waals surface area contributed by atoms with E-state index in [0.29, 0.717) is 46.7 Å². The van der Waals surface area contributed by atoms with Crippen LogP contribution in [0.2, 0.25) is 0 Å². The van der Waals surface area contributed by atoms with Crippen LogP contribution in [0.5, 0.6) is 11.5 Å². The van der Waals surface area contributed by atoms with Crippen molar-refractivity contribution in [1.29, 1.82) is 0 Å². The molecule has 0 unspecified atom stereocenters. The normalized spacial score (nSPS) is 21.9. The number of benzene rings is 1. The molecule has 0 amide bonds. The van der Waals surface area contributed by atoms with E-state index in [1.807, 2.05) is 6.92 Å². The molecule has 1 saturated heterocycles. The Kier molecular flexibility index (Phi) is 6.90. The second kappa shape index (κ2) is 10.5. The second-order valence-corrected chi connectivity index (χ2v) is 9.78. The lowest BCUT2D eigenvalue weighted by Crippen LogP contribution is -2.33. The van der Waals surface area contributed by atoms with Gasteiger partial charge in [-0.05, 0) is 18.9 Å². The quantitative estimate of drug-likeness (QED) is 0.192. The number of aryl methyl sites for hydroxylation is 1. The number of cyclic esters (lactones) is 1. The van der Waals surface area contributed by atoms with Crippen LogP contribution in [-0.4, -0.2) is 87.8 Å². The minimum Gasteiger partial charge on any atom is -0.507 e. The van der Waals surface area contributed by atoms with Crippen molar-refractivity contribution in [1.82, 2.24) is 34.5 Å². The lowest BCUT2D eigenvalue weighted by molar-refractivity contribution is -0.0686. The average molecular weight is 569 g/mol. The van der Waals surface area contributed by atoms with Gasteiger partial charge in [0.1, 0.15) is 59.5 Å². The van der Waals surface area contributed by atoms with E-state index in [1.165, 1.54) is 24.3 Å².